The molecule has 7 aromatic carbocycles. The number of likely N-dealkylation sites (N-methyl/N-ethyl adjacent to an activating group) is 2. The number of anilines is 2. The van der Waals surface area contributed by atoms with Crippen LogP contribution in [0.3, 0.4) is 0 Å². The summed E-state index contributed by atoms with van der Waals surface area (Å²) in [7, 11) is 4.54. The molecule has 2 aliphatic rings. The SMILES string of the molecule is C#C/C(=C\C=C/C)n1c2c(c3ccccc31)=C(C1C(c3ccc(-n4c5cc6ccccc6cc5c5ccc6ccccc6c54)c(C#N)c3)N(C)c3c(sc4ccccc34)N1C)C(C)CC=2. The summed E-state index contributed by atoms with van der Waals surface area (Å²) in [5, 5.41) is 24.5. The van der Waals surface area contributed by atoms with E-state index in [4.69, 9.17) is 6.42 Å². The molecular weight excluding hydrogens is 811 g/mol. The van der Waals surface area contributed by atoms with Gasteiger partial charge in [0.2, 0.25) is 0 Å². The molecule has 0 radical (unpaired) electrons. The molecule has 0 spiro atoms. The van der Waals surface area contributed by atoms with Crippen molar-refractivity contribution in [1.29, 1.82) is 5.26 Å². The Hall–Kier alpha value is -7.77. The van der Waals surface area contributed by atoms with Crippen LogP contribution in [0.25, 0.3) is 87.4 Å². The Bertz CT molecular complexity index is 3930. The Morgan fingerprint density at radius 2 is 1.45 bits per heavy atom. The van der Waals surface area contributed by atoms with Crippen LogP contribution in [0, 0.1) is 29.6 Å². The van der Waals surface area contributed by atoms with E-state index in [-0.39, 0.29) is 18.0 Å². The highest BCUT2D eigenvalue weighted by Gasteiger charge is 2.43. The number of benzene rings is 7. The van der Waals surface area contributed by atoms with Gasteiger partial charge in [0, 0.05) is 50.9 Å². The van der Waals surface area contributed by atoms with Gasteiger partial charge < -0.3 is 18.9 Å². The van der Waals surface area contributed by atoms with Crippen LogP contribution in [0.5, 0.6) is 0 Å². The maximum absolute atomic E-state index is 11.4. The molecule has 12 rings (SSSR count). The van der Waals surface area contributed by atoms with Crippen molar-refractivity contribution in [2.75, 3.05) is 23.9 Å². The van der Waals surface area contributed by atoms with Crippen molar-refractivity contribution < 1.29 is 0 Å². The van der Waals surface area contributed by atoms with E-state index in [0.29, 0.717) is 5.56 Å². The van der Waals surface area contributed by atoms with Gasteiger partial charge in [0.25, 0.3) is 0 Å². The first-order chi connectivity index (χ1) is 31.9. The zero-order chi connectivity index (χ0) is 44.1. The van der Waals surface area contributed by atoms with Crippen LogP contribution >= 0.6 is 11.3 Å². The van der Waals surface area contributed by atoms with Crippen LogP contribution in [-0.2, 0) is 0 Å². The Morgan fingerprint density at radius 3 is 2.23 bits per heavy atom. The van der Waals surface area contributed by atoms with Crippen LogP contribution in [0.1, 0.15) is 37.4 Å². The van der Waals surface area contributed by atoms with Gasteiger partial charge in [0.05, 0.1) is 56.6 Å². The number of nitrogens with zero attached hydrogens (tertiary/aromatic N) is 5. The van der Waals surface area contributed by atoms with Gasteiger partial charge in [0.1, 0.15) is 11.1 Å². The van der Waals surface area contributed by atoms with E-state index in [1.165, 1.54) is 63.9 Å². The van der Waals surface area contributed by atoms with Crippen molar-refractivity contribution in [2.24, 2.45) is 5.92 Å². The van der Waals surface area contributed by atoms with E-state index in [1.54, 1.807) is 0 Å². The van der Waals surface area contributed by atoms with E-state index >= 15 is 0 Å². The fourth-order valence-corrected chi connectivity index (χ4v) is 12.5. The molecular formula is C59H45N5S. The first-order valence-electron chi connectivity index (χ1n) is 22.4. The van der Waals surface area contributed by atoms with Gasteiger partial charge in [0.15, 0.2) is 0 Å². The van der Waals surface area contributed by atoms with E-state index in [0.717, 1.165) is 50.7 Å². The third-order valence-electron chi connectivity index (χ3n) is 14.2. The minimum atomic E-state index is -0.147. The van der Waals surface area contributed by atoms with Gasteiger partial charge in [-0.15, -0.1) is 17.8 Å². The van der Waals surface area contributed by atoms with Crippen molar-refractivity contribution in [3.63, 3.8) is 0 Å². The van der Waals surface area contributed by atoms with Crippen molar-refractivity contribution in [1.82, 2.24) is 9.13 Å². The molecule has 0 fully saturated rings. The summed E-state index contributed by atoms with van der Waals surface area (Å²) in [5.74, 6) is 3.26. The summed E-state index contributed by atoms with van der Waals surface area (Å²) in [6.07, 6.45) is 15.7. The first-order valence-corrected chi connectivity index (χ1v) is 23.2. The maximum atomic E-state index is 11.4. The average molecular weight is 856 g/mol. The average Bonchev–Trinajstić information content (AvgIpc) is 4.01. The lowest BCUT2D eigenvalue weighted by Gasteiger charge is -2.48. The van der Waals surface area contributed by atoms with Crippen molar-refractivity contribution in [3.05, 3.63) is 179 Å². The summed E-state index contributed by atoms with van der Waals surface area (Å²) >= 11 is 1.86. The topological polar surface area (TPSA) is 40.1 Å². The monoisotopic (exact) mass is 855 g/mol. The minimum Gasteiger partial charge on any atom is -0.362 e. The van der Waals surface area contributed by atoms with Crippen LogP contribution in [0.2, 0.25) is 0 Å². The molecule has 65 heavy (non-hydrogen) atoms. The number of thiophene rings is 1. The van der Waals surface area contributed by atoms with Crippen LogP contribution in [0.15, 0.2) is 158 Å². The fraction of sp³-hybridized carbons (Fsp3) is 0.136. The summed E-state index contributed by atoms with van der Waals surface area (Å²) in [4.78, 5) is 5.05. The number of fused-ring (bicyclic) bond motifs is 12. The summed E-state index contributed by atoms with van der Waals surface area (Å²) in [5.41, 5.74) is 9.32. The van der Waals surface area contributed by atoms with Crippen LogP contribution in [-0.4, -0.2) is 29.3 Å². The predicted molar refractivity (Wildman–Crippen MR) is 276 cm³/mol. The Labute approximate surface area is 382 Å². The lowest BCUT2D eigenvalue weighted by molar-refractivity contribution is 0.536. The number of terminal acetylenes is 1. The van der Waals surface area contributed by atoms with Gasteiger partial charge in [-0.1, -0.05) is 134 Å². The third kappa shape index (κ3) is 5.64. The molecule has 4 heterocycles. The highest BCUT2D eigenvalue weighted by molar-refractivity contribution is 7.23. The first kappa shape index (κ1) is 38.9. The molecule has 312 valence electrons. The third-order valence-corrected chi connectivity index (χ3v) is 15.4. The molecule has 3 atom stereocenters. The number of nitriles is 1. The number of allylic oxidation sites excluding steroid dienone is 4. The van der Waals surface area contributed by atoms with Crippen LogP contribution in [0.4, 0.5) is 10.7 Å². The van der Waals surface area contributed by atoms with E-state index < -0.39 is 0 Å². The largest absolute Gasteiger partial charge is 0.362 e. The summed E-state index contributed by atoms with van der Waals surface area (Å²) in [6, 6.07) is 52.9. The molecule has 10 aromatic rings. The van der Waals surface area contributed by atoms with Crippen molar-refractivity contribution in [2.45, 2.75) is 32.4 Å². The number of para-hydroxylation sites is 1. The lowest BCUT2D eigenvalue weighted by Crippen LogP contribution is -2.52. The molecule has 3 unspecified atom stereocenters. The molecule has 1 aliphatic carbocycles. The summed E-state index contributed by atoms with van der Waals surface area (Å²) in [6.45, 7) is 4.40. The second kappa shape index (κ2) is 14.9. The highest BCUT2D eigenvalue weighted by atomic mass is 32.1. The van der Waals surface area contributed by atoms with E-state index in [2.05, 4.69) is 198 Å². The van der Waals surface area contributed by atoms with Gasteiger partial charge in [-0.05, 0) is 89.0 Å². The molecule has 1 aliphatic heterocycles. The fourth-order valence-electron chi connectivity index (χ4n) is 11.3. The smallest absolute Gasteiger partial charge is 0.116 e. The quantitative estimate of drug-likeness (QED) is 0.128. The predicted octanol–water partition coefficient (Wildman–Crippen LogP) is 12.8. The molecule has 5 nitrogen and oxygen atoms in total. The Morgan fingerprint density at radius 1 is 0.723 bits per heavy atom. The molecule has 6 heteroatoms. The normalized spacial score (nSPS) is 17.7. The van der Waals surface area contributed by atoms with E-state index in [1.807, 2.05) is 36.5 Å². The van der Waals surface area contributed by atoms with Gasteiger partial charge >= 0.3 is 0 Å². The number of aromatic nitrogens is 2. The molecule has 0 bridgehead atoms. The maximum Gasteiger partial charge on any atom is 0.116 e. The second-order valence-electron chi connectivity index (χ2n) is 17.6. The standard InChI is InChI=1S/C59H45N5S/c1-6-8-20-42(7-2)63-49-24-15-13-22-45(49)54-50(63)30-26-36(3)53(54)58-55(61(4)57-46-23-14-16-25-52(46)65-59(57)62(58)5)40-28-31-48(41(32-40)35-60)64-51-34-39-19-10-9-18-38(39)33-47(51)44-29-27-37-17-11-12-21-43(37)56(44)64/h2,6,8-25,27-34,36,55,58H,26H2,1,3-5H3/b8-6-,42-20+. The van der Waals surface area contributed by atoms with Gasteiger partial charge in [-0.25, -0.2) is 0 Å². The van der Waals surface area contributed by atoms with Crippen LogP contribution < -0.4 is 20.4 Å². The van der Waals surface area contributed by atoms with E-state index in [9.17, 15) is 5.26 Å². The minimum absolute atomic E-state index is 0.0861. The molecule has 0 N–H and O–H groups in total. The number of hydrogen-bond acceptors (Lipinski definition) is 4. The molecule has 3 aromatic heterocycles. The van der Waals surface area contributed by atoms with Gasteiger partial charge in [-0.2, -0.15) is 5.26 Å². The number of rotatable bonds is 5. The Balaban J connectivity index is 1.15. The summed E-state index contributed by atoms with van der Waals surface area (Å²) < 4.78 is 5.89. The van der Waals surface area contributed by atoms with Crippen molar-refractivity contribution in [3.8, 4) is 24.1 Å². The molecule has 0 saturated carbocycles. The van der Waals surface area contributed by atoms with Crippen molar-refractivity contribution >= 4 is 104 Å². The second-order valence-corrected chi connectivity index (χ2v) is 18.6. The molecule has 0 saturated heterocycles. The Kier molecular flexibility index (Phi) is 8.92. The zero-order valence-corrected chi connectivity index (χ0v) is 37.6. The zero-order valence-electron chi connectivity index (χ0n) is 36.7. The molecule has 0 amide bonds. The lowest BCUT2D eigenvalue weighted by atomic mass is 9.79. The number of hydrogen-bond donors (Lipinski definition) is 0. The van der Waals surface area contributed by atoms with Gasteiger partial charge in [-0.3, -0.25) is 0 Å². The highest BCUT2D eigenvalue weighted by Crippen LogP contribution is 2.54.